The van der Waals surface area contributed by atoms with Crippen molar-refractivity contribution in [1.82, 2.24) is 10.1 Å². The van der Waals surface area contributed by atoms with Gasteiger partial charge in [0, 0.05) is 0 Å². The molecule has 0 bridgehead atoms. The lowest BCUT2D eigenvalue weighted by atomic mass is 10.2. The van der Waals surface area contributed by atoms with E-state index in [1.807, 2.05) is 0 Å². The van der Waals surface area contributed by atoms with Crippen LogP contribution >= 0.6 is 0 Å². The zero-order valence-corrected chi connectivity index (χ0v) is 10.8. The van der Waals surface area contributed by atoms with Gasteiger partial charge in [-0.1, -0.05) is 5.16 Å². The third-order valence-corrected chi connectivity index (χ3v) is 2.36. The molecule has 1 amide bonds. The lowest BCUT2D eigenvalue weighted by molar-refractivity contribution is -0.144. The third-order valence-electron chi connectivity index (χ3n) is 2.36. The minimum absolute atomic E-state index is 0.174. The molecule has 1 rings (SSSR count). The van der Waals surface area contributed by atoms with Crippen LogP contribution in [-0.2, 0) is 19.1 Å². The number of aromatic nitrogens is 1. The number of carbonyl (C=O) groups is 3. The largest absolute Gasteiger partial charge is 0.468 e. The van der Waals surface area contributed by atoms with Crippen molar-refractivity contribution in [2.24, 2.45) is 0 Å². The Hall–Kier alpha value is -2.38. The lowest BCUT2D eigenvalue weighted by Gasteiger charge is -2.19. The normalized spacial score (nSPS) is 9.84. The van der Waals surface area contributed by atoms with Crippen LogP contribution in [0.25, 0.3) is 0 Å². The van der Waals surface area contributed by atoms with Gasteiger partial charge in [0.05, 0.1) is 20.4 Å². The zero-order chi connectivity index (χ0) is 14.4. The molecule has 104 valence electrons. The number of nitrogens with zero attached hydrogens (tertiary/aromatic N) is 2. The summed E-state index contributed by atoms with van der Waals surface area (Å²) in [6.07, 6.45) is 1.22. The molecule has 0 aromatic carbocycles. The molecule has 0 spiro atoms. The van der Waals surface area contributed by atoms with Crippen molar-refractivity contribution >= 4 is 17.8 Å². The topological polar surface area (TPSA) is 98.9 Å². The summed E-state index contributed by atoms with van der Waals surface area (Å²) in [4.78, 5) is 35.6. The first-order chi connectivity index (χ1) is 8.99. The van der Waals surface area contributed by atoms with Gasteiger partial charge in [-0.05, 0) is 6.92 Å². The van der Waals surface area contributed by atoms with E-state index >= 15 is 0 Å². The van der Waals surface area contributed by atoms with Crippen LogP contribution in [0, 0.1) is 6.92 Å². The molecule has 0 saturated carbocycles. The number of aryl methyl sites for hydroxylation is 1. The molecule has 0 atom stereocenters. The van der Waals surface area contributed by atoms with E-state index in [9.17, 15) is 14.4 Å². The molecular weight excluding hydrogens is 256 g/mol. The Kier molecular flexibility index (Phi) is 5.04. The van der Waals surface area contributed by atoms with Gasteiger partial charge in [-0.25, -0.2) is 0 Å². The number of esters is 2. The maximum absolute atomic E-state index is 12.1. The van der Waals surface area contributed by atoms with Crippen molar-refractivity contribution in [2.75, 3.05) is 27.3 Å². The fourth-order valence-electron chi connectivity index (χ4n) is 1.31. The van der Waals surface area contributed by atoms with Crippen molar-refractivity contribution in [3.63, 3.8) is 0 Å². The van der Waals surface area contributed by atoms with Crippen LogP contribution in [0.15, 0.2) is 10.7 Å². The molecule has 0 aliphatic heterocycles. The molecule has 0 saturated heterocycles. The Labute approximate surface area is 109 Å². The smallest absolute Gasteiger partial charge is 0.325 e. The van der Waals surface area contributed by atoms with Gasteiger partial charge in [0.2, 0.25) is 0 Å². The molecular formula is C11H14N2O6. The summed E-state index contributed by atoms with van der Waals surface area (Å²) in [5.41, 5.74) is 0.174. The van der Waals surface area contributed by atoms with E-state index in [1.54, 1.807) is 6.92 Å². The van der Waals surface area contributed by atoms with E-state index in [0.717, 1.165) is 4.90 Å². The molecule has 19 heavy (non-hydrogen) atoms. The predicted molar refractivity (Wildman–Crippen MR) is 61.2 cm³/mol. The van der Waals surface area contributed by atoms with E-state index in [0.29, 0.717) is 5.76 Å². The molecule has 8 nitrogen and oxygen atoms in total. The van der Waals surface area contributed by atoms with Gasteiger partial charge in [-0.2, -0.15) is 0 Å². The van der Waals surface area contributed by atoms with Crippen LogP contribution in [0.1, 0.15) is 16.1 Å². The molecule has 0 fully saturated rings. The van der Waals surface area contributed by atoms with Crippen molar-refractivity contribution in [2.45, 2.75) is 6.92 Å². The van der Waals surface area contributed by atoms with Crippen molar-refractivity contribution in [1.29, 1.82) is 0 Å². The summed E-state index contributed by atoms with van der Waals surface area (Å²) in [5, 5.41) is 3.47. The Morgan fingerprint density at radius 2 is 1.74 bits per heavy atom. The van der Waals surface area contributed by atoms with Crippen molar-refractivity contribution < 1.29 is 28.4 Å². The lowest BCUT2D eigenvalue weighted by Crippen LogP contribution is -2.40. The van der Waals surface area contributed by atoms with Crippen molar-refractivity contribution in [3.8, 4) is 0 Å². The van der Waals surface area contributed by atoms with Gasteiger partial charge in [-0.15, -0.1) is 0 Å². The maximum atomic E-state index is 12.1. The zero-order valence-electron chi connectivity index (χ0n) is 10.8. The SMILES string of the molecule is COC(=O)CN(CC(=O)OC)C(=O)c1cnoc1C. The fraction of sp³-hybridized carbons (Fsp3) is 0.455. The number of amides is 1. The van der Waals surface area contributed by atoms with E-state index in [1.165, 1.54) is 20.4 Å². The van der Waals surface area contributed by atoms with E-state index in [4.69, 9.17) is 4.52 Å². The molecule has 1 aromatic heterocycles. The number of carbonyl (C=O) groups excluding carboxylic acids is 3. The quantitative estimate of drug-likeness (QED) is 0.681. The van der Waals surface area contributed by atoms with Crippen LogP contribution < -0.4 is 0 Å². The number of rotatable bonds is 5. The third kappa shape index (κ3) is 3.80. The second-order valence-electron chi connectivity index (χ2n) is 3.61. The van der Waals surface area contributed by atoms with Gasteiger partial charge < -0.3 is 18.9 Å². The molecule has 0 radical (unpaired) electrons. The monoisotopic (exact) mass is 270 g/mol. The Morgan fingerprint density at radius 1 is 1.21 bits per heavy atom. The first-order valence-electron chi connectivity index (χ1n) is 5.33. The summed E-state index contributed by atoms with van der Waals surface area (Å²) in [6.45, 7) is 0.818. The first-order valence-corrected chi connectivity index (χ1v) is 5.33. The van der Waals surface area contributed by atoms with Crippen LogP contribution in [0.2, 0.25) is 0 Å². The highest BCUT2D eigenvalue weighted by Gasteiger charge is 2.25. The average Bonchev–Trinajstić information content (AvgIpc) is 2.82. The molecule has 0 unspecified atom stereocenters. The first kappa shape index (κ1) is 14.7. The molecule has 0 N–H and O–H groups in total. The molecule has 8 heteroatoms. The minimum atomic E-state index is -0.647. The Morgan fingerprint density at radius 3 is 2.11 bits per heavy atom. The Bertz CT molecular complexity index is 463. The summed E-state index contributed by atoms with van der Waals surface area (Å²) < 4.78 is 13.7. The predicted octanol–water partition coefficient (Wildman–Crippen LogP) is -0.229. The number of ether oxygens (including phenoxy) is 2. The molecule has 0 aliphatic rings. The molecule has 0 aliphatic carbocycles. The summed E-state index contributed by atoms with van der Waals surface area (Å²) >= 11 is 0. The molecule has 1 aromatic rings. The second kappa shape index (κ2) is 6.53. The highest BCUT2D eigenvalue weighted by atomic mass is 16.5. The summed E-state index contributed by atoms with van der Waals surface area (Å²) in [5.74, 6) is -1.56. The van der Waals surface area contributed by atoms with Crippen LogP contribution in [0.3, 0.4) is 0 Å². The van der Waals surface area contributed by atoms with E-state index in [2.05, 4.69) is 14.6 Å². The average molecular weight is 270 g/mol. The minimum Gasteiger partial charge on any atom is -0.468 e. The Balaban J connectivity index is 2.89. The van der Waals surface area contributed by atoms with Crippen LogP contribution in [0.4, 0.5) is 0 Å². The fourth-order valence-corrected chi connectivity index (χ4v) is 1.31. The van der Waals surface area contributed by atoms with Gasteiger partial charge in [-0.3, -0.25) is 14.4 Å². The summed E-state index contributed by atoms with van der Waals surface area (Å²) in [6, 6.07) is 0. The van der Waals surface area contributed by atoms with Gasteiger partial charge in [0.15, 0.2) is 0 Å². The van der Waals surface area contributed by atoms with Crippen LogP contribution in [0.5, 0.6) is 0 Å². The highest BCUT2D eigenvalue weighted by molar-refractivity contribution is 5.98. The van der Waals surface area contributed by atoms with E-state index in [-0.39, 0.29) is 18.7 Å². The van der Waals surface area contributed by atoms with Gasteiger partial charge >= 0.3 is 11.9 Å². The molecule has 1 heterocycles. The number of hydrogen-bond acceptors (Lipinski definition) is 7. The standard InChI is InChI=1S/C11H14N2O6/c1-7-8(4-12-19-7)11(16)13(5-9(14)17-2)6-10(15)18-3/h4H,5-6H2,1-3H3. The van der Waals surface area contributed by atoms with Crippen molar-refractivity contribution in [3.05, 3.63) is 17.5 Å². The second-order valence-corrected chi connectivity index (χ2v) is 3.61. The van der Waals surface area contributed by atoms with Crippen LogP contribution in [-0.4, -0.2) is 55.2 Å². The number of methoxy groups -OCH3 is 2. The maximum Gasteiger partial charge on any atom is 0.325 e. The van der Waals surface area contributed by atoms with Gasteiger partial charge in [0.1, 0.15) is 24.4 Å². The summed E-state index contributed by atoms with van der Waals surface area (Å²) in [7, 11) is 2.38. The highest BCUT2D eigenvalue weighted by Crippen LogP contribution is 2.10. The van der Waals surface area contributed by atoms with Gasteiger partial charge in [0.25, 0.3) is 5.91 Å². The number of hydrogen-bond donors (Lipinski definition) is 0. The van der Waals surface area contributed by atoms with E-state index < -0.39 is 17.8 Å².